The number of methoxy groups -OCH3 is 1. The Morgan fingerprint density at radius 3 is 2.77 bits per heavy atom. The molecule has 0 spiro atoms. The lowest BCUT2D eigenvalue weighted by atomic mass is 10.2. The Kier molecular flexibility index (Phi) is 7.23. The third-order valence-corrected chi connectivity index (χ3v) is 5.22. The van der Waals surface area contributed by atoms with Gasteiger partial charge in [0.2, 0.25) is 5.91 Å². The van der Waals surface area contributed by atoms with Crippen LogP contribution in [0, 0.1) is 12.3 Å². The maximum absolute atomic E-state index is 12.7. The van der Waals surface area contributed by atoms with Crippen molar-refractivity contribution in [2.45, 2.75) is 0 Å². The first-order valence-corrected chi connectivity index (χ1v) is 10.2. The SMILES string of the molecule is C#CCOc1ccc(/C=C2\SC(=O)N(CC(=O)Nc3cccc(Cl)c3)C2=O)cc1OC. The molecule has 3 rings (SSSR count). The number of hydrogen-bond acceptors (Lipinski definition) is 6. The minimum absolute atomic E-state index is 0.0891. The maximum Gasteiger partial charge on any atom is 0.294 e. The molecule has 1 aliphatic rings. The average Bonchev–Trinajstić information content (AvgIpc) is 3.00. The molecule has 31 heavy (non-hydrogen) atoms. The maximum atomic E-state index is 12.7. The summed E-state index contributed by atoms with van der Waals surface area (Å²) >= 11 is 6.65. The Hall–Kier alpha value is -3.41. The number of rotatable bonds is 7. The highest BCUT2D eigenvalue weighted by Gasteiger charge is 2.36. The number of halogens is 1. The van der Waals surface area contributed by atoms with Crippen LogP contribution in [0.1, 0.15) is 5.56 Å². The van der Waals surface area contributed by atoms with Gasteiger partial charge in [-0.1, -0.05) is 29.7 Å². The van der Waals surface area contributed by atoms with E-state index in [4.69, 9.17) is 27.5 Å². The van der Waals surface area contributed by atoms with Gasteiger partial charge in [0.05, 0.1) is 12.0 Å². The summed E-state index contributed by atoms with van der Waals surface area (Å²) in [5.74, 6) is 2.20. The van der Waals surface area contributed by atoms with Crippen molar-refractivity contribution in [2.24, 2.45) is 0 Å². The van der Waals surface area contributed by atoms with E-state index in [1.165, 1.54) is 7.11 Å². The van der Waals surface area contributed by atoms with E-state index in [2.05, 4.69) is 11.2 Å². The number of hydrogen-bond donors (Lipinski definition) is 1. The third kappa shape index (κ3) is 5.60. The topological polar surface area (TPSA) is 84.9 Å². The zero-order chi connectivity index (χ0) is 22.4. The molecule has 2 aromatic rings. The van der Waals surface area contributed by atoms with Gasteiger partial charge in [0, 0.05) is 10.7 Å². The first-order valence-electron chi connectivity index (χ1n) is 8.96. The van der Waals surface area contributed by atoms with Crippen molar-refractivity contribution in [3.05, 3.63) is 58.0 Å². The molecule has 158 valence electrons. The lowest BCUT2D eigenvalue weighted by molar-refractivity contribution is -0.127. The first-order chi connectivity index (χ1) is 14.9. The van der Waals surface area contributed by atoms with Gasteiger partial charge in [-0.15, -0.1) is 6.42 Å². The van der Waals surface area contributed by atoms with Crippen LogP contribution in [0.15, 0.2) is 47.4 Å². The lowest BCUT2D eigenvalue weighted by Crippen LogP contribution is -2.36. The Morgan fingerprint density at radius 2 is 2.06 bits per heavy atom. The molecular weight excluding hydrogens is 440 g/mol. The van der Waals surface area contributed by atoms with E-state index in [1.54, 1.807) is 48.5 Å². The number of imide groups is 1. The molecule has 0 unspecified atom stereocenters. The molecular formula is C22H17ClN2O5S. The third-order valence-electron chi connectivity index (χ3n) is 4.08. The van der Waals surface area contributed by atoms with Gasteiger partial charge >= 0.3 is 0 Å². The van der Waals surface area contributed by atoms with Crippen LogP contribution in [-0.2, 0) is 9.59 Å². The number of carbonyl (C=O) groups excluding carboxylic acids is 3. The Balaban J connectivity index is 1.71. The van der Waals surface area contributed by atoms with Crippen LogP contribution in [0.4, 0.5) is 10.5 Å². The normalized spacial score (nSPS) is 14.5. The van der Waals surface area contributed by atoms with Gasteiger partial charge in [-0.05, 0) is 53.7 Å². The number of thioether (sulfide) groups is 1. The van der Waals surface area contributed by atoms with Crippen molar-refractivity contribution in [2.75, 3.05) is 25.6 Å². The fraction of sp³-hybridized carbons (Fsp3) is 0.136. The van der Waals surface area contributed by atoms with Gasteiger partial charge in [0.15, 0.2) is 11.5 Å². The molecule has 1 aliphatic heterocycles. The molecule has 2 aromatic carbocycles. The summed E-state index contributed by atoms with van der Waals surface area (Å²) in [5, 5.41) is 2.54. The van der Waals surface area contributed by atoms with Crippen LogP contribution in [0.5, 0.6) is 11.5 Å². The molecule has 7 nitrogen and oxygen atoms in total. The molecule has 0 aliphatic carbocycles. The largest absolute Gasteiger partial charge is 0.493 e. The predicted molar refractivity (Wildman–Crippen MR) is 120 cm³/mol. The molecule has 0 saturated carbocycles. The number of anilines is 1. The minimum atomic E-state index is -0.553. The summed E-state index contributed by atoms with van der Waals surface area (Å²) in [7, 11) is 1.48. The molecule has 0 radical (unpaired) electrons. The van der Waals surface area contributed by atoms with Crippen molar-refractivity contribution in [1.29, 1.82) is 0 Å². The van der Waals surface area contributed by atoms with Crippen LogP contribution in [-0.4, -0.2) is 42.2 Å². The second-order valence-corrected chi connectivity index (χ2v) is 7.66. The zero-order valence-corrected chi connectivity index (χ0v) is 18.0. The van der Waals surface area contributed by atoms with Gasteiger partial charge in [0.1, 0.15) is 13.2 Å². The van der Waals surface area contributed by atoms with Crippen molar-refractivity contribution >= 4 is 52.2 Å². The summed E-state index contributed by atoms with van der Waals surface area (Å²) in [6.07, 6.45) is 6.74. The van der Waals surface area contributed by atoms with Crippen LogP contribution in [0.2, 0.25) is 5.02 Å². The summed E-state index contributed by atoms with van der Waals surface area (Å²) in [6.45, 7) is -0.317. The Morgan fingerprint density at radius 1 is 1.26 bits per heavy atom. The first kappa shape index (κ1) is 22.3. The number of ether oxygens (including phenoxy) is 2. The highest BCUT2D eigenvalue weighted by Crippen LogP contribution is 2.34. The molecule has 1 saturated heterocycles. The van der Waals surface area contributed by atoms with Crippen molar-refractivity contribution in [1.82, 2.24) is 4.90 Å². The highest BCUT2D eigenvalue weighted by molar-refractivity contribution is 8.18. The van der Waals surface area contributed by atoms with E-state index in [1.807, 2.05) is 0 Å². The fourth-order valence-corrected chi connectivity index (χ4v) is 3.74. The molecule has 1 heterocycles. The van der Waals surface area contributed by atoms with Gasteiger partial charge in [0.25, 0.3) is 11.1 Å². The van der Waals surface area contributed by atoms with Crippen molar-refractivity contribution < 1.29 is 23.9 Å². The van der Waals surface area contributed by atoms with E-state index < -0.39 is 23.6 Å². The number of carbonyl (C=O) groups is 3. The van der Waals surface area contributed by atoms with Gasteiger partial charge in [-0.3, -0.25) is 19.3 Å². The van der Waals surface area contributed by atoms with Crippen LogP contribution < -0.4 is 14.8 Å². The summed E-state index contributed by atoms with van der Waals surface area (Å²) in [5.41, 5.74) is 1.10. The molecule has 3 amide bonds. The summed E-state index contributed by atoms with van der Waals surface area (Å²) < 4.78 is 10.7. The van der Waals surface area contributed by atoms with Crippen LogP contribution >= 0.6 is 23.4 Å². The van der Waals surface area contributed by atoms with E-state index >= 15 is 0 Å². The second-order valence-electron chi connectivity index (χ2n) is 6.23. The zero-order valence-electron chi connectivity index (χ0n) is 16.4. The lowest BCUT2D eigenvalue weighted by Gasteiger charge is -2.12. The second kappa shape index (κ2) is 10.1. The van der Waals surface area contributed by atoms with E-state index in [9.17, 15) is 14.4 Å². The van der Waals surface area contributed by atoms with E-state index in [0.29, 0.717) is 27.8 Å². The van der Waals surface area contributed by atoms with Crippen LogP contribution in [0.3, 0.4) is 0 Å². The van der Waals surface area contributed by atoms with Crippen molar-refractivity contribution in [3.63, 3.8) is 0 Å². The Bertz CT molecular complexity index is 1110. The smallest absolute Gasteiger partial charge is 0.294 e. The molecule has 1 fully saturated rings. The van der Waals surface area contributed by atoms with E-state index in [-0.39, 0.29) is 11.5 Å². The molecule has 1 N–H and O–H groups in total. The predicted octanol–water partition coefficient (Wildman–Crippen LogP) is 4.04. The quantitative estimate of drug-likeness (QED) is 0.500. The molecule has 0 atom stereocenters. The monoisotopic (exact) mass is 456 g/mol. The highest BCUT2D eigenvalue weighted by atomic mass is 35.5. The summed E-state index contributed by atoms with van der Waals surface area (Å²) in [4.78, 5) is 38.3. The van der Waals surface area contributed by atoms with Crippen LogP contribution in [0.25, 0.3) is 6.08 Å². The number of nitrogens with one attached hydrogen (secondary N) is 1. The number of benzene rings is 2. The number of nitrogens with zero attached hydrogens (tertiary/aromatic N) is 1. The molecule has 9 heteroatoms. The standard InChI is InChI=1S/C22H17ClN2O5S/c1-3-9-30-17-8-7-14(10-18(17)29-2)11-19-21(27)25(22(28)31-19)13-20(26)24-16-6-4-5-15(23)12-16/h1,4-8,10-12H,9,13H2,2H3,(H,24,26)/b19-11-. The summed E-state index contributed by atoms with van der Waals surface area (Å²) in [6, 6.07) is 11.6. The fourth-order valence-electron chi connectivity index (χ4n) is 2.71. The van der Waals surface area contributed by atoms with Gasteiger partial charge < -0.3 is 14.8 Å². The molecule has 0 bridgehead atoms. The minimum Gasteiger partial charge on any atom is -0.493 e. The van der Waals surface area contributed by atoms with E-state index in [0.717, 1.165) is 16.7 Å². The van der Waals surface area contributed by atoms with Gasteiger partial charge in [-0.2, -0.15) is 0 Å². The average molecular weight is 457 g/mol. The number of terminal acetylenes is 1. The number of amides is 3. The van der Waals surface area contributed by atoms with Crippen molar-refractivity contribution in [3.8, 4) is 23.8 Å². The molecule has 0 aromatic heterocycles. The van der Waals surface area contributed by atoms with Gasteiger partial charge in [-0.25, -0.2) is 0 Å². The Labute approximate surface area is 188 Å².